The average Bonchev–Trinajstić information content (AvgIpc) is 3.62. The number of allylic oxidation sites excluding steroid dienone is 2. The molecule has 85 heavy (non-hydrogen) atoms. The highest BCUT2D eigenvalue weighted by atomic mass is 16.3. The van der Waals surface area contributed by atoms with Gasteiger partial charge >= 0.3 is 0 Å². The number of rotatable bonds is 15. The molecule has 22 nitrogen and oxygen atoms in total. The van der Waals surface area contributed by atoms with Crippen molar-refractivity contribution in [3.8, 4) is 0 Å². The first-order valence-electron chi connectivity index (χ1n) is 31.0. The summed E-state index contributed by atoms with van der Waals surface area (Å²) in [6.45, 7) is 32.3. The molecule has 10 amide bonds. The Balaban J connectivity index is 4.32. The Morgan fingerprint density at radius 1 is 0.494 bits per heavy atom. The van der Waals surface area contributed by atoms with Gasteiger partial charge in [0.15, 0.2) is 0 Å². The van der Waals surface area contributed by atoms with Gasteiger partial charge in [-0.3, -0.25) is 52.8 Å². The third kappa shape index (κ3) is 21.9. The second-order valence-electron chi connectivity index (χ2n) is 26.6. The molecule has 1 unspecified atom stereocenters. The fraction of sp³-hybridized carbons (Fsp3) is 0.810. The van der Waals surface area contributed by atoms with E-state index in [0.29, 0.717) is 12.8 Å². The molecule has 0 spiro atoms. The third-order valence-corrected chi connectivity index (χ3v) is 16.7. The molecule has 0 aromatic heterocycles. The summed E-state index contributed by atoms with van der Waals surface area (Å²) in [7, 11) is 10.8. The van der Waals surface area contributed by atoms with Crippen LogP contribution >= 0.6 is 0 Å². The minimum atomic E-state index is -1.50. The summed E-state index contributed by atoms with van der Waals surface area (Å²) < 4.78 is 0. The molecule has 488 valence electrons. The quantitative estimate of drug-likeness (QED) is 0.145. The number of carbonyl (C=O) groups is 10. The van der Waals surface area contributed by atoms with Gasteiger partial charge in [0.1, 0.15) is 48.3 Å². The third-order valence-electron chi connectivity index (χ3n) is 16.7. The summed E-state index contributed by atoms with van der Waals surface area (Å²) in [6, 6.07) is -11.4. The molecule has 0 aromatic rings. The van der Waals surface area contributed by atoms with Crippen molar-refractivity contribution in [2.45, 2.75) is 236 Å². The van der Waals surface area contributed by atoms with Gasteiger partial charge < -0.3 is 55.8 Å². The minimum Gasteiger partial charge on any atom is -0.390 e. The molecule has 0 bridgehead atoms. The van der Waals surface area contributed by atoms with Gasteiger partial charge in [0.05, 0.1) is 18.7 Å². The predicted molar refractivity (Wildman–Crippen MR) is 333 cm³/mol. The molecule has 1 aliphatic heterocycles. The topological polar surface area (TPSA) is 262 Å². The fourth-order valence-electron chi connectivity index (χ4n) is 11.2. The lowest BCUT2D eigenvalue weighted by Gasteiger charge is -2.45. The number of amides is 10. The van der Waals surface area contributed by atoms with Crippen LogP contribution in [0, 0.1) is 41.4 Å². The van der Waals surface area contributed by atoms with E-state index in [1.165, 1.54) is 68.7 Å². The van der Waals surface area contributed by atoms with Crippen LogP contribution in [0.3, 0.4) is 0 Å². The highest BCUT2D eigenvalue weighted by Gasteiger charge is 2.45. The first-order chi connectivity index (χ1) is 39.2. The lowest BCUT2D eigenvalue weighted by molar-refractivity contribution is -0.152. The van der Waals surface area contributed by atoms with E-state index in [0.717, 1.165) is 4.90 Å². The second-order valence-corrected chi connectivity index (χ2v) is 26.6. The van der Waals surface area contributed by atoms with E-state index in [2.05, 4.69) is 21.3 Å². The summed E-state index contributed by atoms with van der Waals surface area (Å²) in [5, 5.41) is 23.3. The van der Waals surface area contributed by atoms with E-state index in [4.69, 9.17) is 0 Å². The molecule has 1 rings (SSSR count). The van der Waals surface area contributed by atoms with Gasteiger partial charge in [-0.25, -0.2) is 0 Å². The van der Waals surface area contributed by atoms with Gasteiger partial charge in [-0.1, -0.05) is 109 Å². The van der Waals surface area contributed by atoms with Gasteiger partial charge in [0, 0.05) is 54.4 Å². The number of hydrogen-bond acceptors (Lipinski definition) is 12. The standard InChI is InChI=1S/C63H115N11O11/c1-26-28-29-41(15)54(76)53-58(80)66-45(27-2)60(82)68(19)34-50(75)70(21)47(31-36(5)6)57(79)67-51(39(11)12)62(84)72(23)48(32-37(7)8)56(78)64-42(16)55(77)65-43(17)59(81)73(24)49(33-38(9)10)61(83)71(22)46(30-35(3)4)44(18)69(20)52(40(13)14)63(85)74(53)25/h26,28,35-49,51-54,76H,27,29-34H2,1-25H3,(H,64,78)(H,65,77)(H,66,80)(H,67,79)/b28-26+/t41-,42-,43+,44?,45-,46+,47+,48-,49-,51-,52-,53-,54-/m1/s1. The van der Waals surface area contributed by atoms with Crippen molar-refractivity contribution in [1.82, 2.24) is 55.6 Å². The Morgan fingerprint density at radius 3 is 1.44 bits per heavy atom. The first kappa shape index (κ1) is 77.4. The summed E-state index contributed by atoms with van der Waals surface area (Å²) in [4.78, 5) is 155. The van der Waals surface area contributed by atoms with E-state index in [1.807, 2.05) is 100 Å². The molecule has 1 aliphatic rings. The van der Waals surface area contributed by atoms with Crippen LogP contribution in [0.2, 0.25) is 0 Å². The Hall–Kier alpha value is -5.64. The molecule has 0 radical (unpaired) electrons. The zero-order valence-electron chi connectivity index (χ0n) is 56.7. The van der Waals surface area contributed by atoms with Crippen LogP contribution in [0.4, 0.5) is 0 Å². The van der Waals surface area contributed by atoms with E-state index in [1.54, 1.807) is 46.7 Å². The Kier molecular flexibility index (Phi) is 32.1. The van der Waals surface area contributed by atoms with Gasteiger partial charge in [-0.2, -0.15) is 0 Å². The number of carbonyl (C=O) groups excluding carboxylic acids is 10. The van der Waals surface area contributed by atoms with E-state index < -0.39 is 144 Å². The number of nitrogens with zero attached hydrogens (tertiary/aromatic N) is 7. The molecule has 13 atom stereocenters. The summed E-state index contributed by atoms with van der Waals surface area (Å²) in [5.41, 5.74) is 0. The van der Waals surface area contributed by atoms with Crippen LogP contribution in [0.15, 0.2) is 12.2 Å². The number of hydrogen-bond donors (Lipinski definition) is 5. The summed E-state index contributed by atoms with van der Waals surface area (Å²) >= 11 is 0. The number of aliphatic hydroxyl groups excluding tert-OH is 1. The number of aliphatic hydroxyl groups is 1. The van der Waals surface area contributed by atoms with Crippen molar-refractivity contribution in [3.63, 3.8) is 0 Å². The largest absolute Gasteiger partial charge is 0.390 e. The predicted octanol–water partition coefficient (Wildman–Crippen LogP) is 4.13. The molecule has 0 aliphatic carbocycles. The molecule has 1 fully saturated rings. The van der Waals surface area contributed by atoms with Crippen molar-refractivity contribution < 1.29 is 53.1 Å². The monoisotopic (exact) mass is 1200 g/mol. The normalized spacial score (nSPS) is 28.0. The molecule has 0 aromatic carbocycles. The maximum Gasteiger partial charge on any atom is 0.246 e. The van der Waals surface area contributed by atoms with Crippen molar-refractivity contribution in [2.75, 3.05) is 55.9 Å². The highest BCUT2D eigenvalue weighted by molar-refractivity contribution is 5.98. The molecular formula is C63H115N11O11. The molecule has 1 saturated heterocycles. The zero-order chi connectivity index (χ0) is 66.0. The maximum absolute atomic E-state index is 15.3. The SMILES string of the molecule is C/C=C/C[C@@H](C)[C@@H](O)[C@@H]1C(=O)N[C@H](CC)C(=O)N(C)CC(=O)N(C)[C@@H](CC(C)C)C(=O)N[C@H](C(C)C)C(=O)N(C)[C@H](CC(C)C)C(=O)N[C@H](C)C(=O)N[C@@H](C)C(=O)N(C)[C@H](CC(C)C)C(=O)N(C)[C@@H](CC(C)C)C(C)N(C)[C@H](C(C)C)C(=O)N1C. The van der Waals surface area contributed by atoms with Crippen LogP contribution in [-0.2, 0) is 47.9 Å². The Morgan fingerprint density at radius 2 is 0.965 bits per heavy atom. The van der Waals surface area contributed by atoms with Gasteiger partial charge in [0.25, 0.3) is 0 Å². The molecular weight excluding hydrogens is 1090 g/mol. The second kappa shape index (κ2) is 35.2. The van der Waals surface area contributed by atoms with Crippen LogP contribution in [-0.4, -0.2) is 227 Å². The number of likely N-dealkylation sites (N-methyl/N-ethyl adjacent to an activating group) is 7. The maximum atomic E-state index is 15.3. The lowest BCUT2D eigenvalue weighted by atomic mass is 9.90. The van der Waals surface area contributed by atoms with Gasteiger partial charge in [0.2, 0.25) is 59.1 Å². The average molecular weight is 1200 g/mol. The zero-order valence-corrected chi connectivity index (χ0v) is 56.7. The van der Waals surface area contributed by atoms with Crippen molar-refractivity contribution in [3.05, 3.63) is 12.2 Å². The minimum absolute atomic E-state index is 0.0578. The fourth-order valence-corrected chi connectivity index (χ4v) is 11.2. The number of nitrogens with one attached hydrogen (secondary N) is 4. The molecule has 0 saturated carbocycles. The van der Waals surface area contributed by atoms with Crippen molar-refractivity contribution in [2.24, 2.45) is 41.4 Å². The van der Waals surface area contributed by atoms with E-state index >= 15 is 9.59 Å². The molecule has 22 heteroatoms. The molecule has 5 N–H and O–H groups in total. The smallest absolute Gasteiger partial charge is 0.246 e. The first-order valence-corrected chi connectivity index (χ1v) is 31.0. The summed E-state index contributed by atoms with van der Waals surface area (Å²) in [6.07, 6.45) is 3.81. The van der Waals surface area contributed by atoms with Gasteiger partial charge in [-0.05, 0) is 115 Å². The van der Waals surface area contributed by atoms with Crippen LogP contribution < -0.4 is 21.3 Å². The Bertz CT molecular complexity index is 2270. The van der Waals surface area contributed by atoms with E-state index in [9.17, 15) is 43.5 Å². The highest BCUT2D eigenvalue weighted by Crippen LogP contribution is 2.27. The Labute approximate surface area is 511 Å². The van der Waals surface area contributed by atoms with Crippen LogP contribution in [0.1, 0.15) is 163 Å². The van der Waals surface area contributed by atoms with Crippen LogP contribution in [0.5, 0.6) is 0 Å². The van der Waals surface area contributed by atoms with Crippen LogP contribution in [0.25, 0.3) is 0 Å². The van der Waals surface area contributed by atoms with Crippen molar-refractivity contribution in [1.29, 1.82) is 0 Å². The van der Waals surface area contributed by atoms with E-state index in [-0.39, 0.29) is 61.2 Å². The lowest BCUT2D eigenvalue weighted by Crippen LogP contribution is -2.64. The summed E-state index contributed by atoms with van der Waals surface area (Å²) in [5.74, 6) is -7.67. The molecule has 1 heterocycles. The van der Waals surface area contributed by atoms with Crippen molar-refractivity contribution >= 4 is 59.1 Å². The van der Waals surface area contributed by atoms with Gasteiger partial charge in [-0.15, -0.1) is 0 Å².